The van der Waals surface area contributed by atoms with E-state index in [0.717, 1.165) is 12.1 Å². The van der Waals surface area contributed by atoms with E-state index in [2.05, 4.69) is 10.6 Å². The van der Waals surface area contributed by atoms with Gasteiger partial charge in [-0.3, -0.25) is 9.59 Å². The number of hydrogen-bond donors (Lipinski definition) is 2. The zero-order valence-electron chi connectivity index (χ0n) is 14.6. The van der Waals surface area contributed by atoms with Gasteiger partial charge in [-0.2, -0.15) is 0 Å². The standard InChI is InChI=1S/C21H16F2N2O3/c22-14-6-11-19(18(23)12-14)25-21(27)13-20(26)24-15-7-9-17(10-8-15)28-16-4-2-1-3-5-16/h1-12H,13H2,(H,24,26)(H,25,27). The Labute approximate surface area is 160 Å². The maximum Gasteiger partial charge on any atom is 0.233 e. The zero-order chi connectivity index (χ0) is 19.9. The fourth-order valence-electron chi connectivity index (χ4n) is 2.37. The van der Waals surface area contributed by atoms with Crippen LogP contribution in [0, 0.1) is 11.6 Å². The van der Waals surface area contributed by atoms with Crippen molar-refractivity contribution < 1.29 is 23.1 Å². The van der Waals surface area contributed by atoms with Crippen LogP contribution in [0.2, 0.25) is 0 Å². The number of anilines is 2. The van der Waals surface area contributed by atoms with Gasteiger partial charge in [0.2, 0.25) is 11.8 Å². The summed E-state index contributed by atoms with van der Waals surface area (Å²) >= 11 is 0. The molecule has 2 N–H and O–H groups in total. The Kier molecular flexibility index (Phi) is 5.96. The molecule has 0 saturated heterocycles. The lowest BCUT2D eigenvalue weighted by molar-refractivity contribution is -0.123. The molecule has 0 saturated carbocycles. The first-order valence-electron chi connectivity index (χ1n) is 8.37. The Morgan fingerprint density at radius 1 is 0.786 bits per heavy atom. The molecule has 2 amide bonds. The van der Waals surface area contributed by atoms with E-state index >= 15 is 0 Å². The van der Waals surface area contributed by atoms with E-state index in [0.29, 0.717) is 23.3 Å². The summed E-state index contributed by atoms with van der Waals surface area (Å²) in [5.41, 5.74) is 0.285. The van der Waals surface area contributed by atoms with Crippen LogP contribution in [0.4, 0.5) is 20.2 Å². The number of benzene rings is 3. The molecule has 0 aromatic heterocycles. The third kappa shape index (κ3) is 5.38. The van der Waals surface area contributed by atoms with Gasteiger partial charge in [0.25, 0.3) is 0 Å². The van der Waals surface area contributed by atoms with Gasteiger partial charge in [0.05, 0.1) is 5.69 Å². The van der Waals surface area contributed by atoms with Crippen molar-refractivity contribution in [3.8, 4) is 11.5 Å². The van der Waals surface area contributed by atoms with Gasteiger partial charge in [0.1, 0.15) is 29.6 Å². The van der Waals surface area contributed by atoms with Crippen LogP contribution in [0.25, 0.3) is 0 Å². The first-order valence-corrected chi connectivity index (χ1v) is 8.37. The van der Waals surface area contributed by atoms with E-state index in [4.69, 9.17) is 4.74 Å². The molecule has 5 nitrogen and oxygen atoms in total. The Morgan fingerprint density at radius 2 is 1.43 bits per heavy atom. The molecule has 0 heterocycles. The van der Waals surface area contributed by atoms with Gasteiger partial charge >= 0.3 is 0 Å². The van der Waals surface area contributed by atoms with Gasteiger partial charge in [-0.25, -0.2) is 8.78 Å². The summed E-state index contributed by atoms with van der Waals surface area (Å²) in [6.07, 6.45) is -0.515. The Hall–Kier alpha value is -3.74. The van der Waals surface area contributed by atoms with E-state index in [1.165, 1.54) is 0 Å². The number of ether oxygens (including phenoxy) is 1. The van der Waals surface area contributed by atoms with Crippen LogP contribution in [0.1, 0.15) is 6.42 Å². The first-order chi connectivity index (χ1) is 13.5. The fourth-order valence-corrected chi connectivity index (χ4v) is 2.37. The second kappa shape index (κ2) is 8.77. The predicted octanol–water partition coefficient (Wildman–Crippen LogP) is 4.72. The summed E-state index contributed by atoms with van der Waals surface area (Å²) in [6, 6.07) is 18.6. The molecule has 0 unspecified atom stereocenters. The highest BCUT2D eigenvalue weighted by Crippen LogP contribution is 2.22. The third-order valence-corrected chi connectivity index (χ3v) is 3.64. The number of amides is 2. The van der Waals surface area contributed by atoms with Gasteiger partial charge in [-0.05, 0) is 48.5 Å². The van der Waals surface area contributed by atoms with Crippen molar-refractivity contribution in [2.75, 3.05) is 10.6 Å². The van der Waals surface area contributed by atoms with Gasteiger partial charge in [-0.1, -0.05) is 18.2 Å². The number of para-hydroxylation sites is 1. The monoisotopic (exact) mass is 382 g/mol. The molecule has 0 fully saturated rings. The van der Waals surface area contributed by atoms with E-state index < -0.39 is 29.9 Å². The molecular weight excluding hydrogens is 366 g/mol. The molecule has 0 radical (unpaired) electrons. The van der Waals surface area contributed by atoms with Crippen LogP contribution in [-0.2, 0) is 9.59 Å². The van der Waals surface area contributed by atoms with Crippen LogP contribution in [0.3, 0.4) is 0 Å². The average Bonchev–Trinajstić information content (AvgIpc) is 2.66. The van der Waals surface area contributed by atoms with Crippen molar-refractivity contribution >= 4 is 23.2 Å². The van der Waals surface area contributed by atoms with Crippen LogP contribution in [-0.4, -0.2) is 11.8 Å². The number of nitrogens with one attached hydrogen (secondary N) is 2. The molecule has 0 aliphatic heterocycles. The van der Waals surface area contributed by atoms with Crippen molar-refractivity contribution in [3.63, 3.8) is 0 Å². The van der Waals surface area contributed by atoms with Crippen molar-refractivity contribution in [2.45, 2.75) is 6.42 Å². The lowest BCUT2D eigenvalue weighted by Crippen LogP contribution is -2.21. The van der Waals surface area contributed by atoms with Gasteiger partial charge in [0, 0.05) is 11.8 Å². The minimum absolute atomic E-state index is 0.193. The number of halogens is 2. The van der Waals surface area contributed by atoms with Gasteiger partial charge in [-0.15, -0.1) is 0 Å². The Bertz CT molecular complexity index is 977. The molecule has 3 aromatic rings. The largest absolute Gasteiger partial charge is 0.457 e. The molecule has 0 atom stereocenters. The number of rotatable bonds is 6. The van der Waals surface area contributed by atoms with Gasteiger partial charge < -0.3 is 15.4 Å². The van der Waals surface area contributed by atoms with Crippen LogP contribution in [0.5, 0.6) is 11.5 Å². The third-order valence-electron chi connectivity index (χ3n) is 3.64. The number of carbonyl (C=O) groups excluding carboxylic acids is 2. The van der Waals surface area contributed by atoms with E-state index in [1.807, 2.05) is 30.3 Å². The van der Waals surface area contributed by atoms with E-state index in [-0.39, 0.29) is 5.69 Å². The van der Waals surface area contributed by atoms with Crippen molar-refractivity contribution in [1.29, 1.82) is 0 Å². The molecule has 0 aliphatic carbocycles. The average molecular weight is 382 g/mol. The highest BCUT2D eigenvalue weighted by atomic mass is 19.1. The first kappa shape index (κ1) is 19.0. The van der Waals surface area contributed by atoms with Gasteiger partial charge in [0.15, 0.2) is 0 Å². The second-order valence-corrected chi connectivity index (χ2v) is 5.84. The Balaban J connectivity index is 1.52. The molecule has 7 heteroatoms. The van der Waals surface area contributed by atoms with Crippen LogP contribution >= 0.6 is 0 Å². The Morgan fingerprint density at radius 3 is 2.11 bits per heavy atom. The van der Waals surface area contributed by atoms with Crippen molar-refractivity contribution in [3.05, 3.63) is 84.4 Å². The minimum Gasteiger partial charge on any atom is -0.457 e. The topological polar surface area (TPSA) is 67.4 Å². The second-order valence-electron chi connectivity index (χ2n) is 5.84. The smallest absolute Gasteiger partial charge is 0.233 e. The summed E-state index contributed by atoms with van der Waals surface area (Å²) < 4.78 is 32.0. The summed E-state index contributed by atoms with van der Waals surface area (Å²) in [4.78, 5) is 23.8. The summed E-state index contributed by atoms with van der Waals surface area (Å²) in [5, 5.41) is 4.79. The van der Waals surface area contributed by atoms with Crippen LogP contribution < -0.4 is 15.4 Å². The molecule has 3 rings (SSSR count). The quantitative estimate of drug-likeness (QED) is 0.606. The SMILES string of the molecule is O=C(CC(=O)Nc1ccc(F)cc1F)Nc1ccc(Oc2ccccc2)cc1. The molecule has 142 valence electrons. The number of hydrogen-bond acceptors (Lipinski definition) is 3. The predicted molar refractivity (Wildman–Crippen MR) is 101 cm³/mol. The lowest BCUT2D eigenvalue weighted by atomic mass is 10.2. The normalized spacial score (nSPS) is 10.2. The highest BCUT2D eigenvalue weighted by Gasteiger charge is 2.12. The molecule has 3 aromatic carbocycles. The molecule has 0 bridgehead atoms. The molecule has 28 heavy (non-hydrogen) atoms. The summed E-state index contributed by atoms with van der Waals surface area (Å²) in [6.45, 7) is 0. The molecular formula is C21H16F2N2O3. The highest BCUT2D eigenvalue weighted by molar-refractivity contribution is 6.08. The maximum atomic E-state index is 13.5. The van der Waals surface area contributed by atoms with E-state index in [1.54, 1.807) is 24.3 Å². The maximum absolute atomic E-state index is 13.5. The number of carbonyl (C=O) groups is 2. The zero-order valence-corrected chi connectivity index (χ0v) is 14.6. The van der Waals surface area contributed by atoms with Crippen LogP contribution in [0.15, 0.2) is 72.8 Å². The lowest BCUT2D eigenvalue weighted by Gasteiger charge is -2.09. The fraction of sp³-hybridized carbons (Fsp3) is 0.0476. The molecule has 0 aliphatic rings. The summed E-state index contributed by atoms with van der Waals surface area (Å²) in [5.74, 6) is -1.68. The van der Waals surface area contributed by atoms with Crippen molar-refractivity contribution in [1.82, 2.24) is 0 Å². The minimum atomic E-state index is -0.914. The summed E-state index contributed by atoms with van der Waals surface area (Å²) in [7, 11) is 0. The van der Waals surface area contributed by atoms with E-state index in [9.17, 15) is 18.4 Å². The molecule has 0 spiro atoms. The van der Waals surface area contributed by atoms with Crippen molar-refractivity contribution in [2.24, 2.45) is 0 Å².